The molecule has 0 aliphatic carbocycles. The maximum Gasteiger partial charge on any atom is 0.127 e. The summed E-state index contributed by atoms with van der Waals surface area (Å²) in [4.78, 5) is 4.20. The summed E-state index contributed by atoms with van der Waals surface area (Å²) in [7, 11) is 1.61. The Morgan fingerprint density at radius 3 is 2.71 bits per heavy atom. The minimum Gasteiger partial charge on any atom is -0.496 e. The van der Waals surface area contributed by atoms with Gasteiger partial charge >= 0.3 is 0 Å². The van der Waals surface area contributed by atoms with Crippen LogP contribution in [0.5, 0.6) is 5.75 Å². The highest BCUT2D eigenvalue weighted by atomic mass is 19.1. The number of nitrogens with zero attached hydrogens (tertiary/aromatic N) is 1. The van der Waals surface area contributed by atoms with Gasteiger partial charge in [0.05, 0.1) is 12.8 Å². The molecule has 0 bridgehead atoms. The van der Waals surface area contributed by atoms with Crippen LogP contribution in [0, 0.1) is 5.82 Å². The molecule has 0 spiro atoms. The Kier molecular flexibility index (Phi) is 3.50. The fraction of sp³-hybridized carbons (Fsp3) is 0.0714. The third kappa shape index (κ3) is 2.91. The molecule has 2 aromatic rings. The summed E-state index contributed by atoms with van der Waals surface area (Å²) in [5.74, 6) is 0.451. The number of para-hydroxylation sites is 1. The number of hydrogen-bond donors (Lipinski definition) is 0. The molecule has 0 radical (unpaired) electrons. The highest BCUT2D eigenvalue weighted by molar-refractivity contribution is 5.85. The molecule has 0 unspecified atom stereocenters. The molecule has 0 aromatic heterocycles. The topological polar surface area (TPSA) is 21.6 Å². The summed E-state index contributed by atoms with van der Waals surface area (Å²) in [6.07, 6.45) is 1.66. The van der Waals surface area contributed by atoms with Gasteiger partial charge in [-0.3, -0.25) is 4.99 Å². The fourth-order valence-corrected chi connectivity index (χ4v) is 1.47. The summed E-state index contributed by atoms with van der Waals surface area (Å²) in [5, 5.41) is 0. The number of rotatable bonds is 3. The first-order chi connectivity index (χ1) is 8.29. The molecule has 0 aliphatic rings. The molecule has 17 heavy (non-hydrogen) atoms. The van der Waals surface area contributed by atoms with Crippen molar-refractivity contribution < 1.29 is 9.13 Å². The average molecular weight is 229 g/mol. The summed E-state index contributed by atoms with van der Waals surface area (Å²) in [6.45, 7) is 0. The standard InChI is InChI=1S/C14H12FNO/c1-17-14-8-3-2-5-11(14)10-16-13-7-4-6-12(15)9-13/h2-10H,1H3. The lowest BCUT2D eigenvalue weighted by atomic mass is 10.2. The Morgan fingerprint density at radius 1 is 1.12 bits per heavy atom. The lowest BCUT2D eigenvalue weighted by molar-refractivity contribution is 0.414. The van der Waals surface area contributed by atoms with Gasteiger partial charge in [0, 0.05) is 11.8 Å². The van der Waals surface area contributed by atoms with Crippen LogP contribution in [0.2, 0.25) is 0 Å². The van der Waals surface area contributed by atoms with Gasteiger partial charge < -0.3 is 4.74 Å². The number of hydrogen-bond acceptors (Lipinski definition) is 2. The molecule has 0 saturated carbocycles. The second-order valence-electron chi connectivity index (χ2n) is 3.48. The van der Waals surface area contributed by atoms with Crippen LogP contribution in [0.4, 0.5) is 10.1 Å². The van der Waals surface area contributed by atoms with Gasteiger partial charge in [0.15, 0.2) is 0 Å². The Balaban J connectivity index is 2.26. The van der Waals surface area contributed by atoms with Crippen molar-refractivity contribution in [3.05, 3.63) is 59.9 Å². The molecular weight excluding hydrogens is 217 g/mol. The van der Waals surface area contributed by atoms with E-state index < -0.39 is 0 Å². The second kappa shape index (κ2) is 5.25. The van der Waals surface area contributed by atoms with Gasteiger partial charge in [-0.2, -0.15) is 0 Å². The van der Waals surface area contributed by atoms with Crippen LogP contribution < -0.4 is 4.74 Å². The zero-order chi connectivity index (χ0) is 12.1. The van der Waals surface area contributed by atoms with E-state index in [1.807, 2.05) is 24.3 Å². The van der Waals surface area contributed by atoms with Crippen LogP contribution in [0.1, 0.15) is 5.56 Å². The van der Waals surface area contributed by atoms with E-state index in [1.165, 1.54) is 12.1 Å². The Bertz CT molecular complexity index is 537. The normalized spacial score (nSPS) is 10.7. The number of methoxy groups -OCH3 is 1. The quantitative estimate of drug-likeness (QED) is 0.737. The van der Waals surface area contributed by atoms with Crippen molar-refractivity contribution in [2.45, 2.75) is 0 Å². The maximum absolute atomic E-state index is 12.9. The fourth-order valence-electron chi connectivity index (χ4n) is 1.47. The molecule has 0 N–H and O–H groups in total. The van der Waals surface area contributed by atoms with E-state index in [4.69, 9.17) is 4.74 Å². The van der Waals surface area contributed by atoms with Crippen LogP contribution in [0.25, 0.3) is 0 Å². The molecular formula is C14H12FNO. The lowest BCUT2D eigenvalue weighted by Gasteiger charge is -2.02. The molecule has 0 fully saturated rings. The predicted molar refractivity (Wildman–Crippen MR) is 66.6 cm³/mol. The summed E-state index contributed by atoms with van der Waals surface area (Å²) in [6, 6.07) is 13.7. The van der Waals surface area contributed by atoms with Crippen molar-refractivity contribution >= 4 is 11.9 Å². The zero-order valence-corrected chi connectivity index (χ0v) is 9.43. The smallest absolute Gasteiger partial charge is 0.127 e. The molecule has 0 amide bonds. The Hall–Kier alpha value is -2.16. The highest BCUT2D eigenvalue weighted by Crippen LogP contribution is 2.17. The van der Waals surface area contributed by atoms with E-state index >= 15 is 0 Å². The van der Waals surface area contributed by atoms with E-state index in [2.05, 4.69) is 4.99 Å². The van der Waals surface area contributed by atoms with Crippen molar-refractivity contribution in [1.82, 2.24) is 0 Å². The van der Waals surface area contributed by atoms with Crippen molar-refractivity contribution in [1.29, 1.82) is 0 Å². The molecule has 2 aromatic carbocycles. The summed E-state index contributed by atoms with van der Waals surface area (Å²) in [5.41, 5.74) is 1.44. The SMILES string of the molecule is COc1ccccc1C=Nc1cccc(F)c1. The predicted octanol–water partition coefficient (Wildman–Crippen LogP) is 3.58. The first-order valence-electron chi connectivity index (χ1n) is 5.22. The monoisotopic (exact) mass is 229 g/mol. The molecule has 0 aliphatic heterocycles. The van der Waals surface area contributed by atoms with Crippen molar-refractivity contribution in [2.24, 2.45) is 4.99 Å². The van der Waals surface area contributed by atoms with E-state index in [1.54, 1.807) is 25.5 Å². The number of halogens is 1. The Labute approximate surface area is 99.4 Å². The van der Waals surface area contributed by atoms with E-state index in [0.29, 0.717) is 5.69 Å². The molecule has 2 rings (SSSR count). The largest absolute Gasteiger partial charge is 0.496 e. The maximum atomic E-state index is 12.9. The van der Waals surface area contributed by atoms with Crippen LogP contribution in [0.3, 0.4) is 0 Å². The number of ether oxygens (including phenoxy) is 1. The van der Waals surface area contributed by atoms with Gasteiger partial charge in [0.2, 0.25) is 0 Å². The minimum absolute atomic E-state index is 0.292. The first-order valence-corrected chi connectivity index (χ1v) is 5.22. The average Bonchev–Trinajstić information content (AvgIpc) is 2.37. The summed E-state index contributed by atoms with van der Waals surface area (Å²) < 4.78 is 18.1. The molecule has 86 valence electrons. The van der Waals surface area contributed by atoms with Gasteiger partial charge in [0.1, 0.15) is 11.6 Å². The lowest BCUT2D eigenvalue weighted by Crippen LogP contribution is -1.89. The van der Waals surface area contributed by atoms with Crippen LogP contribution in [0.15, 0.2) is 53.5 Å². The Morgan fingerprint density at radius 2 is 1.94 bits per heavy atom. The molecule has 3 heteroatoms. The summed E-state index contributed by atoms with van der Waals surface area (Å²) >= 11 is 0. The van der Waals surface area contributed by atoms with E-state index in [-0.39, 0.29) is 5.82 Å². The number of aliphatic imine (C=N–C) groups is 1. The van der Waals surface area contributed by atoms with Gasteiger partial charge in [-0.05, 0) is 30.3 Å². The van der Waals surface area contributed by atoms with Gasteiger partial charge in [-0.1, -0.05) is 18.2 Å². The van der Waals surface area contributed by atoms with Gasteiger partial charge in [-0.25, -0.2) is 4.39 Å². The zero-order valence-electron chi connectivity index (χ0n) is 9.43. The van der Waals surface area contributed by atoms with Gasteiger partial charge in [-0.15, -0.1) is 0 Å². The molecule has 0 saturated heterocycles. The van der Waals surface area contributed by atoms with Crippen molar-refractivity contribution in [3.8, 4) is 5.75 Å². The molecule has 0 atom stereocenters. The van der Waals surface area contributed by atoms with Crippen LogP contribution >= 0.6 is 0 Å². The van der Waals surface area contributed by atoms with E-state index in [9.17, 15) is 4.39 Å². The third-order valence-electron chi connectivity index (χ3n) is 2.30. The van der Waals surface area contributed by atoms with Crippen LogP contribution in [-0.2, 0) is 0 Å². The van der Waals surface area contributed by atoms with E-state index in [0.717, 1.165) is 11.3 Å². The van der Waals surface area contributed by atoms with Crippen LogP contribution in [-0.4, -0.2) is 13.3 Å². The first kappa shape index (κ1) is 11.3. The number of benzene rings is 2. The minimum atomic E-state index is -0.292. The second-order valence-corrected chi connectivity index (χ2v) is 3.48. The highest BCUT2D eigenvalue weighted by Gasteiger charge is 1.97. The van der Waals surface area contributed by atoms with Gasteiger partial charge in [0.25, 0.3) is 0 Å². The van der Waals surface area contributed by atoms with Crippen molar-refractivity contribution in [3.63, 3.8) is 0 Å². The van der Waals surface area contributed by atoms with Crippen molar-refractivity contribution in [2.75, 3.05) is 7.11 Å². The molecule has 2 nitrogen and oxygen atoms in total. The third-order valence-corrected chi connectivity index (χ3v) is 2.30. The molecule has 0 heterocycles.